The van der Waals surface area contributed by atoms with E-state index in [0.29, 0.717) is 18.2 Å². The second kappa shape index (κ2) is 6.58. The van der Waals surface area contributed by atoms with Crippen LogP contribution < -0.4 is 10.6 Å². The first-order valence-electron chi connectivity index (χ1n) is 6.94. The summed E-state index contributed by atoms with van der Waals surface area (Å²) < 4.78 is 5.83. The Hall–Kier alpha value is -0.120. The van der Waals surface area contributed by atoms with Gasteiger partial charge in [0.2, 0.25) is 0 Å². The van der Waals surface area contributed by atoms with Gasteiger partial charge in [0.15, 0.2) is 0 Å². The largest absolute Gasteiger partial charge is 0.377 e. The van der Waals surface area contributed by atoms with Gasteiger partial charge in [-0.25, -0.2) is 0 Å². The molecular formula is C13H26N2O. The van der Waals surface area contributed by atoms with Crippen LogP contribution in [0.2, 0.25) is 0 Å². The van der Waals surface area contributed by atoms with E-state index in [-0.39, 0.29) is 0 Å². The quantitative estimate of drug-likeness (QED) is 0.768. The van der Waals surface area contributed by atoms with Crippen molar-refractivity contribution in [1.82, 2.24) is 10.6 Å². The van der Waals surface area contributed by atoms with Crippen LogP contribution in [0, 0.1) is 0 Å². The van der Waals surface area contributed by atoms with E-state index in [0.717, 1.165) is 13.2 Å². The van der Waals surface area contributed by atoms with Crippen molar-refractivity contribution in [2.45, 2.75) is 63.6 Å². The Labute approximate surface area is 99.3 Å². The molecule has 0 saturated carbocycles. The van der Waals surface area contributed by atoms with Crippen LogP contribution in [0.5, 0.6) is 0 Å². The predicted molar refractivity (Wildman–Crippen MR) is 66.7 cm³/mol. The van der Waals surface area contributed by atoms with Gasteiger partial charge in [-0.1, -0.05) is 0 Å². The minimum Gasteiger partial charge on any atom is -0.377 e. The Morgan fingerprint density at radius 1 is 1.12 bits per heavy atom. The van der Waals surface area contributed by atoms with Gasteiger partial charge in [0.05, 0.1) is 6.10 Å². The molecule has 0 aliphatic carbocycles. The zero-order valence-corrected chi connectivity index (χ0v) is 10.5. The lowest BCUT2D eigenvalue weighted by atomic mass is 10.0. The standard InChI is InChI=1S/C13H26N2O/c1-11(13-6-2-3-10-16-13)15-12-5-4-8-14-9-7-12/h11-15H,2-10H2,1H3. The lowest BCUT2D eigenvalue weighted by Gasteiger charge is -2.31. The van der Waals surface area contributed by atoms with Crippen LogP contribution in [-0.2, 0) is 4.74 Å². The molecule has 0 aromatic rings. The predicted octanol–water partition coefficient (Wildman–Crippen LogP) is 1.68. The molecule has 2 rings (SSSR count). The van der Waals surface area contributed by atoms with Gasteiger partial charge in [0.1, 0.15) is 0 Å². The first-order chi connectivity index (χ1) is 7.86. The monoisotopic (exact) mass is 226 g/mol. The van der Waals surface area contributed by atoms with Gasteiger partial charge < -0.3 is 15.4 Å². The summed E-state index contributed by atoms with van der Waals surface area (Å²) in [7, 11) is 0. The van der Waals surface area contributed by atoms with Gasteiger partial charge in [-0.15, -0.1) is 0 Å². The highest BCUT2D eigenvalue weighted by Gasteiger charge is 2.23. The van der Waals surface area contributed by atoms with Gasteiger partial charge in [-0.3, -0.25) is 0 Å². The van der Waals surface area contributed by atoms with Crippen molar-refractivity contribution in [1.29, 1.82) is 0 Å². The maximum Gasteiger partial charge on any atom is 0.0725 e. The molecule has 3 nitrogen and oxygen atoms in total. The number of hydrogen-bond acceptors (Lipinski definition) is 3. The molecule has 2 aliphatic heterocycles. The molecule has 0 aromatic heterocycles. The Kier molecular flexibility index (Phi) is 5.07. The van der Waals surface area contributed by atoms with E-state index in [1.807, 2.05) is 0 Å². The second-order valence-electron chi connectivity index (χ2n) is 5.24. The van der Waals surface area contributed by atoms with Gasteiger partial charge >= 0.3 is 0 Å². The number of nitrogens with one attached hydrogen (secondary N) is 2. The van der Waals surface area contributed by atoms with E-state index < -0.39 is 0 Å². The summed E-state index contributed by atoms with van der Waals surface area (Å²) >= 11 is 0. The van der Waals surface area contributed by atoms with E-state index >= 15 is 0 Å². The molecule has 3 heteroatoms. The summed E-state index contributed by atoms with van der Waals surface area (Å²) in [6, 6.07) is 1.21. The molecule has 0 spiro atoms. The smallest absolute Gasteiger partial charge is 0.0725 e. The highest BCUT2D eigenvalue weighted by Crippen LogP contribution is 2.17. The molecular weight excluding hydrogens is 200 g/mol. The van der Waals surface area contributed by atoms with Gasteiger partial charge in [0.25, 0.3) is 0 Å². The van der Waals surface area contributed by atoms with Gasteiger partial charge in [-0.05, 0) is 58.5 Å². The van der Waals surface area contributed by atoms with E-state index in [9.17, 15) is 0 Å². The summed E-state index contributed by atoms with van der Waals surface area (Å²) in [6.07, 6.45) is 8.14. The van der Waals surface area contributed by atoms with Crippen molar-refractivity contribution in [2.75, 3.05) is 19.7 Å². The van der Waals surface area contributed by atoms with Crippen LogP contribution in [-0.4, -0.2) is 37.9 Å². The first kappa shape index (κ1) is 12.3. The Morgan fingerprint density at radius 3 is 2.88 bits per heavy atom. The maximum atomic E-state index is 5.83. The first-order valence-corrected chi connectivity index (χ1v) is 6.94. The highest BCUT2D eigenvalue weighted by atomic mass is 16.5. The molecule has 16 heavy (non-hydrogen) atoms. The molecule has 3 atom stereocenters. The number of rotatable bonds is 3. The topological polar surface area (TPSA) is 33.3 Å². The Balaban J connectivity index is 1.73. The van der Waals surface area contributed by atoms with Crippen LogP contribution in [0.25, 0.3) is 0 Å². The zero-order valence-electron chi connectivity index (χ0n) is 10.5. The average Bonchev–Trinajstić information content (AvgIpc) is 2.59. The number of hydrogen-bond donors (Lipinski definition) is 2. The molecule has 2 fully saturated rings. The van der Waals surface area contributed by atoms with Crippen molar-refractivity contribution in [2.24, 2.45) is 0 Å². The average molecular weight is 226 g/mol. The van der Waals surface area contributed by atoms with Crippen molar-refractivity contribution < 1.29 is 4.74 Å². The minimum atomic E-state index is 0.449. The molecule has 0 bridgehead atoms. The molecule has 94 valence electrons. The fourth-order valence-corrected chi connectivity index (χ4v) is 2.82. The molecule has 0 radical (unpaired) electrons. The normalized spacial score (nSPS) is 34.3. The van der Waals surface area contributed by atoms with Crippen molar-refractivity contribution in [3.63, 3.8) is 0 Å². The summed E-state index contributed by atoms with van der Waals surface area (Å²) in [4.78, 5) is 0. The molecule has 0 amide bonds. The molecule has 2 heterocycles. The minimum absolute atomic E-state index is 0.449. The van der Waals surface area contributed by atoms with Crippen LogP contribution in [0.3, 0.4) is 0 Å². The van der Waals surface area contributed by atoms with Crippen molar-refractivity contribution in [3.8, 4) is 0 Å². The molecule has 2 aliphatic rings. The second-order valence-corrected chi connectivity index (χ2v) is 5.24. The SMILES string of the molecule is CC(NC1CCCNCC1)C1CCCCO1. The van der Waals surface area contributed by atoms with Crippen LogP contribution in [0.15, 0.2) is 0 Å². The zero-order chi connectivity index (χ0) is 11.2. The fraction of sp³-hybridized carbons (Fsp3) is 1.00. The van der Waals surface area contributed by atoms with E-state index in [1.165, 1.54) is 45.1 Å². The van der Waals surface area contributed by atoms with Crippen molar-refractivity contribution in [3.05, 3.63) is 0 Å². The molecule has 2 saturated heterocycles. The molecule has 3 unspecified atom stereocenters. The van der Waals surface area contributed by atoms with E-state index in [1.54, 1.807) is 0 Å². The lowest BCUT2D eigenvalue weighted by molar-refractivity contribution is -0.00626. The third-order valence-corrected chi connectivity index (χ3v) is 3.85. The summed E-state index contributed by atoms with van der Waals surface area (Å²) in [5, 5.41) is 7.22. The fourth-order valence-electron chi connectivity index (χ4n) is 2.82. The van der Waals surface area contributed by atoms with E-state index in [2.05, 4.69) is 17.6 Å². The van der Waals surface area contributed by atoms with Gasteiger partial charge in [0, 0.05) is 18.7 Å². The van der Waals surface area contributed by atoms with Gasteiger partial charge in [-0.2, -0.15) is 0 Å². The van der Waals surface area contributed by atoms with Crippen LogP contribution in [0.4, 0.5) is 0 Å². The summed E-state index contributed by atoms with van der Waals surface area (Å²) in [5.41, 5.74) is 0. The third kappa shape index (κ3) is 3.72. The molecule has 2 N–H and O–H groups in total. The Morgan fingerprint density at radius 2 is 2.06 bits per heavy atom. The van der Waals surface area contributed by atoms with Crippen LogP contribution in [0.1, 0.15) is 45.4 Å². The summed E-state index contributed by atoms with van der Waals surface area (Å²) in [6.45, 7) is 5.60. The lowest BCUT2D eigenvalue weighted by Crippen LogP contribution is -2.45. The number of ether oxygens (including phenoxy) is 1. The third-order valence-electron chi connectivity index (χ3n) is 3.85. The molecule has 0 aromatic carbocycles. The van der Waals surface area contributed by atoms with Crippen LogP contribution >= 0.6 is 0 Å². The Bertz CT molecular complexity index is 184. The van der Waals surface area contributed by atoms with Crippen molar-refractivity contribution >= 4 is 0 Å². The van der Waals surface area contributed by atoms with E-state index in [4.69, 9.17) is 4.74 Å². The highest BCUT2D eigenvalue weighted by molar-refractivity contribution is 4.81. The maximum absolute atomic E-state index is 5.83. The summed E-state index contributed by atoms with van der Waals surface area (Å²) in [5.74, 6) is 0.